The second-order valence-corrected chi connectivity index (χ2v) is 3.66. The lowest BCUT2D eigenvalue weighted by Gasteiger charge is -2.18. The minimum atomic E-state index is -2.48. The van der Waals surface area contributed by atoms with Crippen LogP contribution in [0.25, 0.3) is 0 Å². The molecule has 0 N–H and O–H groups in total. The summed E-state index contributed by atoms with van der Waals surface area (Å²) in [6.07, 6.45) is -0.907. The molecule has 0 unspecified atom stereocenters. The van der Waals surface area contributed by atoms with E-state index in [1.165, 1.54) is 10.7 Å². The van der Waals surface area contributed by atoms with Crippen LogP contribution < -0.4 is 0 Å². The molecule has 12 heavy (non-hydrogen) atoms. The first-order valence-corrected chi connectivity index (χ1v) is 3.75. The van der Waals surface area contributed by atoms with Crippen LogP contribution in [0.5, 0.6) is 0 Å². The highest BCUT2D eigenvalue weighted by Gasteiger charge is 2.17. The van der Waals surface area contributed by atoms with Gasteiger partial charge in [0.1, 0.15) is 5.69 Å². The van der Waals surface area contributed by atoms with Gasteiger partial charge in [-0.15, -0.1) is 0 Å². The third-order valence-corrected chi connectivity index (χ3v) is 1.52. The minimum absolute atomic E-state index is 0.162. The van der Waals surface area contributed by atoms with Gasteiger partial charge in [-0.3, -0.25) is 4.68 Å². The summed E-state index contributed by atoms with van der Waals surface area (Å²) >= 11 is 0. The lowest BCUT2D eigenvalue weighted by atomic mass is 10.1. The average Bonchev–Trinajstić information content (AvgIpc) is 2.30. The maximum Gasteiger partial charge on any atom is 0.282 e. The zero-order valence-electron chi connectivity index (χ0n) is 7.38. The van der Waals surface area contributed by atoms with Crippen molar-refractivity contribution in [1.82, 2.24) is 9.78 Å². The van der Waals surface area contributed by atoms with Crippen LogP contribution in [0, 0.1) is 0 Å². The third kappa shape index (κ3) is 1.81. The summed E-state index contributed by atoms with van der Waals surface area (Å²) < 4.78 is 25.7. The SMILES string of the molecule is CC(C)(C)n1ccc(C(F)F)n1. The monoisotopic (exact) mass is 174 g/mol. The van der Waals surface area contributed by atoms with Crippen LogP contribution >= 0.6 is 0 Å². The van der Waals surface area contributed by atoms with E-state index in [2.05, 4.69) is 5.10 Å². The van der Waals surface area contributed by atoms with Crippen molar-refractivity contribution in [2.75, 3.05) is 0 Å². The number of alkyl halides is 2. The Balaban J connectivity index is 2.92. The second kappa shape index (κ2) is 2.84. The highest BCUT2D eigenvalue weighted by Crippen LogP contribution is 2.19. The van der Waals surface area contributed by atoms with Gasteiger partial charge in [-0.05, 0) is 26.8 Å². The van der Waals surface area contributed by atoms with Crippen molar-refractivity contribution < 1.29 is 8.78 Å². The van der Waals surface area contributed by atoms with Crippen molar-refractivity contribution in [1.29, 1.82) is 0 Å². The van der Waals surface area contributed by atoms with Crippen LogP contribution in [-0.2, 0) is 5.54 Å². The normalized spacial score (nSPS) is 12.5. The molecule has 0 spiro atoms. The van der Waals surface area contributed by atoms with E-state index in [4.69, 9.17) is 0 Å². The van der Waals surface area contributed by atoms with Gasteiger partial charge in [-0.2, -0.15) is 5.10 Å². The van der Waals surface area contributed by atoms with E-state index in [-0.39, 0.29) is 11.2 Å². The molecule has 1 aromatic rings. The van der Waals surface area contributed by atoms with E-state index < -0.39 is 6.43 Å². The molecule has 1 rings (SSSR count). The standard InChI is InChI=1S/C8H12F2N2/c1-8(2,3)12-5-4-6(11-12)7(9)10/h4-5,7H,1-3H3. The lowest BCUT2D eigenvalue weighted by molar-refractivity contribution is 0.143. The molecule has 0 aliphatic carbocycles. The second-order valence-electron chi connectivity index (χ2n) is 3.66. The molecule has 0 radical (unpaired) electrons. The van der Waals surface area contributed by atoms with Crippen molar-refractivity contribution in [3.05, 3.63) is 18.0 Å². The topological polar surface area (TPSA) is 17.8 Å². The van der Waals surface area contributed by atoms with Gasteiger partial charge in [0.25, 0.3) is 6.43 Å². The molecular weight excluding hydrogens is 162 g/mol. The fraction of sp³-hybridized carbons (Fsp3) is 0.625. The summed E-state index contributed by atoms with van der Waals surface area (Å²) in [5, 5.41) is 3.75. The Kier molecular flexibility index (Phi) is 2.17. The highest BCUT2D eigenvalue weighted by molar-refractivity contribution is 5.01. The van der Waals surface area contributed by atoms with Gasteiger partial charge in [0.15, 0.2) is 0 Å². The van der Waals surface area contributed by atoms with Crippen LogP contribution in [0.15, 0.2) is 12.3 Å². The molecule has 2 nitrogen and oxygen atoms in total. The lowest BCUT2D eigenvalue weighted by Crippen LogP contribution is -2.22. The molecular formula is C8H12F2N2. The molecule has 68 valence electrons. The molecule has 0 amide bonds. The van der Waals surface area contributed by atoms with E-state index >= 15 is 0 Å². The van der Waals surface area contributed by atoms with Gasteiger partial charge in [0.2, 0.25) is 0 Å². The molecule has 0 aliphatic rings. The van der Waals surface area contributed by atoms with Crippen LogP contribution in [0.4, 0.5) is 8.78 Å². The van der Waals surface area contributed by atoms with Crippen molar-refractivity contribution in [2.45, 2.75) is 32.7 Å². The Labute approximate surface area is 70.2 Å². The van der Waals surface area contributed by atoms with Gasteiger partial charge in [0.05, 0.1) is 5.54 Å². The van der Waals surface area contributed by atoms with E-state index in [1.54, 1.807) is 6.20 Å². The molecule has 0 saturated carbocycles. The van der Waals surface area contributed by atoms with E-state index in [0.717, 1.165) is 0 Å². The smallest absolute Gasteiger partial charge is 0.267 e. The first-order valence-electron chi connectivity index (χ1n) is 3.75. The van der Waals surface area contributed by atoms with Crippen molar-refractivity contribution in [2.24, 2.45) is 0 Å². The van der Waals surface area contributed by atoms with Crippen molar-refractivity contribution in [3.8, 4) is 0 Å². The molecule has 1 heterocycles. The van der Waals surface area contributed by atoms with E-state index in [9.17, 15) is 8.78 Å². The van der Waals surface area contributed by atoms with Gasteiger partial charge in [0, 0.05) is 6.20 Å². The fourth-order valence-corrected chi connectivity index (χ4v) is 0.828. The van der Waals surface area contributed by atoms with Crippen LogP contribution in [0.2, 0.25) is 0 Å². The van der Waals surface area contributed by atoms with E-state index in [1.807, 2.05) is 20.8 Å². The van der Waals surface area contributed by atoms with Crippen LogP contribution in [-0.4, -0.2) is 9.78 Å². The summed E-state index contributed by atoms with van der Waals surface area (Å²) in [6, 6.07) is 1.34. The van der Waals surface area contributed by atoms with Crippen LogP contribution in [0.1, 0.15) is 32.9 Å². The maximum absolute atomic E-state index is 12.1. The van der Waals surface area contributed by atoms with Gasteiger partial charge in [-0.1, -0.05) is 0 Å². The Morgan fingerprint density at radius 3 is 2.25 bits per heavy atom. The Morgan fingerprint density at radius 1 is 1.42 bits per heavy atom. The summed E-state index contributed by atoms with van der Waals surface area (Å²) in [7, 11) is 0. The van der Waals surface area contributed by atoms with Crippen molar-refractivity contribution >= 4 is 0 Å². The predicted octanol–water partition coefficient (Wildman–Crippen LogP) is 2.58. The molecule has 0 aromatic carbocycles. The summed E-state index contributed by atoms with van der Waals surface area (Å²) in [5.41, 5.74) is -0.391. The van der Waals surface area contributed by atoms with Gasteiger partial charge in [-0.25, -0.2) is 8.78 Å². The summed E-state index contributed by atoms with van der Waals surface area (Å²) in [4.78, 5) is 0. The largest absolute Gasteiger partial charge is 0.282 e. The molecule has 0 fully saturated rings. The maximum atomic E-state index is 12.1. The number of aromatic nitrogens is 2. The Morgan fingerprint density at radius 2 is 2.00 bits per heavy atom. The first kappa shape index (κ1) is 9.16. The number of rotatable bonds is 1. The first-order chi connectivity index (χ1) is 5.41. The van der Waals surface area contributed by atoms with Gasteiger partial charge >= 0.3 is 0 Å². The Hall–Kier alpha value is -0.930. The fourth-order valence-electron chi connectivity index (χ4n) is 0.828. The molecule has 0 aliphatic heterocycles. The van der Waals surface area contributed by atoms with Crippen LogP contribution in [0.3, 0.4) is 0 Å². The zero-order chi connectivity index (χ0) is 9.35. The highest BCUT2D eigenvalue weighted by atomic mass is 19.3. The number of halogens is 2. The Bertz CT molecular complexity index is 260. The number of nitrogens with zero attached hydrogens (tertiary/aromatic N) is 2. The molecule has 0 saturated heterocycles. The molecule has 0 bridgehead atoms. The summed E-state index contributed by atoms with van der Waals surface area (Å²) in [5.74, 6) is 0. The minimum Gasteiger partial charge on any atom is -0.267 e. The molecule has 0 atom stereocenters. The molecule has 1 aromatic heterocycles. The predicted molar refractivity (Wildman–Crippen MR) is 42.2 cm³/mol. The number of hydrogen-bond donors (Lipinski definition) is 0. The zero-order valence-corrected chi connectivity index (χ0v) is 7.38. The van der Waals surface area contributed by atoms with E-state index in [0.29, 0.717) is 0 Å². The molecule has 4 heteroatoms. The quantitative estimate of drug-likeness (QED) is 0.639. The number of hydrogen-bond acceptors (Lipinski definition) is 1. The van der Waals surface area contributed by atoms with Gasteiger partial charge < -0.3 is 0 Å². The average molecular weight is 174 g/mol. The third-order valence-electron chi connectivity index (χ3n) is 1.52. The summed E-state index contributed by atoms with van der Waals surface area (Å²) in [6.45, 7) is 5.74. The van der Waals surface area contributed by atoms with Crippen molar-refractivity contribution in [3.63, 3.8) is 0 Å².